The normalized spacial score (nSPS) is 10.8. The topological polar surface area (TPSA) is 66.0 Å². The van der Waals surface area contributed by atoms with Gasteiger partial charge in [-0.2, -0.15) is 0 Å². The maximum Gasteiger partial charge on any atom is 0.201 e. The first kappa shape index (κ1) is 11.5. The van der Waals surface area contributed by atoms with Crippen LogP contribution in [0.1, 0.15) is 5.56 Å². The first-order chi connectivity index (χ1) is 9.29. The second-order valence-corrected chi connectivity index (χ2v) is 4.23. The monoisotopic (exact) mass is 254 g/mol. The molecule has 0 atom stereocenters. The minimum absolute atomic E-state index is 0.480. The molecule has 0 spiro atoms. The van der Waals surface area contributed by atoms with Crippen LogP contribution in [0.2, 0.25) is 0 Å². The zero-order valence-electron chi connectivity index (χ0n) is 10.6. The van der Waals surface area contributed by atoms with Crippen LogP contribution in [-0.4, -0.2) is 21.6 Å². The van der Waals surface area contributed by atoms with Gasteiger partial charge in [0.2, 0.25) is 5.95 Å². The van der Waals surface area contributed by atoms with E-state index in [2.05, 4.69) is 9.97 Å². The Hall–Kier alpha value is -2.56. The van der Waals surface area contributed by atoms with Crippen LogP contribution in [0.3, 0.4) is 0 Å². The molecule has 5 nitrogen and oxygen atoms in total. The van der Waals surface area contributed by atoms with Gasteiger partial charge in [0.25, 0.3) is 0 Å². The standard InChI is InChI=1S/C14H14N4O/c1-19-13-5-3-2-4-10(13)9-18-12-6-7-16-8-11(12)17-14(18)15/h2-8H,9H2,1H3,(H2,15,17). The van der Waals surface area contributed by atoms with E-state index >= 15 is 0 Å². The molecule has 0 aliphatic heterocycles. The fourth-order valence-electron chi connectivity index (χ4n) is 2.17. The van der Waals surface area contributed by atoms with Crippen LogP contribution in [0.15, 0.2) is 42.7 Å². The molecule has 19 heavy (non-hydrogen) atoms. The molecule has 0 unspecified atom stereocenters. The van der Waals surface area contributed by atoms with Crippen LogP contribution < -0.4 is 10.5 Å². The quantitative estimate of drug-likeness (QED) is 0.777. The highest BCUT2D eigenvalue weighted by Crippen LogP contribution is 2.23. The summed E-state index contributed by atoms with van der Waals surface area (Å²) in [6.45, 7) is 0.621. The number of benzene rings is 1. The lowest BCUT2D eigenvalue weighted by molar-refractivity contribution is 0.408. The number of nitrogen functional groups attached to an aromatic ring is 1. The molecule has 0 saturated heterocycles. The van der Waals surface area contributed by atoms with Gasteiger partial charge in [-0.1, -0.05) is 18.2 Å². The predicted octanol–water partition coefficient (Wildman–Crippen LogP) is 2.07. The average Bonchev–Trinajstić information content (AvgIpc) is 2.76. The third kappa shape index (κ3) is 1.99. The van der Waals surface area contributed by atoms with Gasteiger partial charge >= 0.3 is 0 Å². The Morgan fingerprint density at radius 1 is 1.26 bits per heavy atom. The molecule has 0 bridgehead atoms. The summed E-state index contributed by atoms with van der Waals surface area (Å²) in [5, 5.41) is 0. The number of fused-ring (bicyclic) bond motifs is 1. The molecule has 0 fully saturated rings. The van der Waals surface area contributed by atoms with E-state index in [4.69, 9.17) is 10.5 Å². The molecule has 96 valence electrons. The third-order valence-corrected chi connectivity index (χ3v) is 3.10. The number of nitrogens with two attached hydrogens (primary N) is 1. The number of nitrogens with zero attached hydrogens (tertiary/aromatic N) is 3. The van der Waals surface area contributed by atoms with E-state index in [0.717, 1.165) is 22.3 Å². The molecule has 1 aromatic carbocycles. The maximum atomic E-state index is 5.98. The Kier molecular flexibility index (Phi) is 2.79. The number of aromatic nitrogens is 3. The van der Waals surface area contributed by atoms with Crippen molar-refractivity contribution in [2.45, 2.75) is 6.54 Å². The van der Waals surface area contributed by atoms with E-state index in [9.17, 15) is 0 Å². The van der Waals surface area contributed by atoms with Crippen LogP contribution in [0.25, 0.3) is 11.0 Å². The first-order valence-electron chi connectivity index (χ1n) is 5.97. The van der Waals surface area contributed by atoms with Crippen molar-refractivity contribution in [1.29, 1.82) is 0 Å². The number of anilines is 1. The summed E-state index contributed by atoms with van der Waals surface area (Å²) in [7, 11) is 1.66. The molecule has 0 amide bonds. The van der Waals surface area contributed by atoms with E-state index < -0.39 is 0 Å². The van der Waals surface area contributed by atoms with Gasteiger partial charge in [0.05, 0.1) is 25.4 Å². The number of imidazole rings is 1. The average molecular weight is 254 g/mol. The molecule has 2 aromatic heterocycles. The number of methoxy groups -OCH3 is 1. The predicted molar refractivity (Wildman–Crippen MR) is 74.0 cm³/mol. The number of para-hydroxylation sites is 1. The summed E-state index contributed by atoms with van der Waals surface area (Å²) in [4.78, 5) is 8.35. The summed E-state index contributed by atoms with van der Waals surface area (Å²) in [5.74, 6) is 1.33. The van der Waals surface area contributed by atoms with Crippen LogP contribution in [-0.2, 0) is 6.54 Å². The van der Waals surface area contributed by atoms with E-state index in [1.807, 2.05) is 34.9 Å². The molecule has 3 aromatic rings. The largest absolute Gasteiger partial charge is 0.496 e. The van der Waals surface area contributed by atoms with Crippen LogP contribution in [0.4, 0.5) is 5.95 Å². The first-order valence-corrected chi connectivity index (χ1v) is 5.97. The molecule has 3 rings (SSSR count). The van der Waals surface area contributed by atoms with E-state index in [-0.39, 0.29) is 0 Å². The zero-order valence-corrected chi connectivity index (χ0v) is 10.6. The fourth-order valence-corrected chi connectivity index (χ4v) is 2.17. The van der Waals surface area contributed by atoms with Gasteiger partial charge in [0.1, 0.15) is 11.3 Å². The van der Waals surface area contributed by atoms with Gasteiger partial charge in [-0.05, 0) is 12.1 Å². The number of hydrogen-bond donors (Lipinski definition) is 1. The summed E-state index contributed by atoms with van der Waals surface area (Å²) in [6, 6.07) is 9.79. The molecule has 0 aliphatic rings. The number of rotatable bonds is 3. The highest BCUT2D eigenvalue weighted by atomic mass is 16.5. The van der Waals surface area contributed by atoms with Crippen LogP contribution in [0, 0.1) is 0 Å². The Morgan fingerprint density at radius 3 is 2.95 bits per heavy atom. The van der Waals surface area contributed by atoms with Crippen molar-refractivity contribution in [3.05, 3.63) is 48.3 Å². The van der Waals surface area contributed by atoms with Gasteiger partial charge < -0.3 is 15.0 Å². The zero-order chi connectivity index (χ0) is 13.2. The highest BCUT2D eigenvalue weighted by Gasteiger charge is 2.10. The van der Waals surface area contributed by atoms with Gasteiger partial charge in [-0.15, -0.1) is 0 Å². The smallest absolute Gasteiger partial charge is 0.201 e. The van der Waals surface area contributed by atoms with Crippen molar-refractivity contribution in [3.63, 3.8) is 0 Å². The number of hydrogen-bond acceptors (Lipinski definition) is 4. The molecular formula is C14H14N4O. The van der Waals surface area contributed by atoms with Gasteiger partial charge in [-0.25, -0.2) is 4.98 Å². The lowest BCUT2D eigenvalue weighted by atomic mass is 10.2. The van der Waals surface area contributed by atoms with Crippen molar-refractivity contribution in [2.24, 2.45) is 0 Å². The fraction of sp³-hybridized carbons (Fsp3) is 0.143. The molecule has 5 heteroatoms. The molecule has 2 N–H and O–H groups in total. The molecule has 2 heterocycles. The second kappa shape index (κ2) is 4.61. The van der Waals surface area contributed by atoms with E-state index in [1.165, 1.54) is 0 Å². The Labute approximate surface area is 110 Å². The van der Waals surface area contributed by atoms with Gasteiger partial charge in [-0.3, -0.25) is 4.98 Å². The minimum Gasteiger partial charge on any atom is -0.496 e. The Morgan fingerprint density at radius 2 is 2.11 bits per heavy atom. The summed E-state index contributed by atoms with van der Waals surface area (Å²) in [6.07, 6.45) is 3.45. The second-order valence-electron chi connectivity index (χ2n) is 4.23. The molecule has 0 aliphatic carbocycles. The number of ether oxygens (including phenoxy) is 1. The van der Waals surface area contributed by atoms with Crippen molar-refractivity contribution in [1.82, 2.24) is 14.5 Å². The number of pyridine rings is 1. The Bertz CT molecular complexity index is 720. The van der Waals surface area contributed by atoms with Crippen LogP contribution >= 0.6 is 0 Å². The van der Waals surface area contributed by atoms with Crippen LogP contribution in [0.5, 0.6) is 5.75 Å². The highest BCUT2D eigenvalue weighted by molar-refractivity contribution is 5.77. The van der Waals surface area contributed by atoms with Gasteiger partial charge in [0.15, 0.2) is 0 Å². The molecular weight excluding hydrogens is 240 g/mol. The molecule has 0 radical (unpaired) electrons. The van der Waals surface area contributed by atoms with E-state index in [0.29, 0.717) is 12.5 Å². The van der Waals surface area contributed by atoms with Crippen molar-refractivity contribution in [3.8, 4) is 5.75 Å². The summed E-state index contributed by atoms with van der Waals surface area (Å²) in [5.41, 5.74) is 8.81. The molecule has 0 saturated carbocycles. The summed E-state index contributed by atoms with van der Waals surface area (Å²) >= 11 is 0. The van der Waals surface area contributed by atoms with Crippen molar-refractivity contribution >= 4 is 17.0 Å². The van der Waals surface area contributed by atoms with Crippen molar-refractivity contribution in [2.75, 3.05) is 12.8 Å². The third-order valence-electron chi connectivity index (χ3n) is 3.10. The summed E-state index contributed by atoms with van der Waals surface area (Å²) < 4.78 is 7.31. The SMILES string of the molecule is COc1ccccc1Cn1c(N)nc2cnccc21. The lowest BCUT2D eigenvalue weighted by Gasteiger charge is -2.10. The van der Waals surface area contributed by atoms with Gasteiger partial charge in [0, 0.05) is 11.8 Å². The lowest BCUT2D eigenvalue weighted by Crippen LogP contribution is -2.05. The van der Waals surface area contributed by atoms with Crippen molar-refractivity contribution < 1.29 is 4.74 Å². The van der Waals surface area contributed by atoms with E-state index in [1.54, 1.807) is 19.5 Å². The maximum absolute atomic E-state index is 5.98. The minimum atomic E-state index is 0.480. The Balaban J connectivity index is 2.08.